The van der Waals surface area contributed by atoms with Crippen molar-refractivity contribution in [1.82, 2.24) is 0 Å². The third-order valence-electron chi connectivity index (χ3n) is 2.60. The Morgan fingerprint density at radius 2 is 1.60 bits per heavy atom. The highest BCUT2D eigenvalue weighted by Crippen LogP contribution is 2.16. The first-order valence-electron chi connectivity index (χ1n) is 5.79. The fourth-order valence-electron chi connectivity index (χ4n) is 1.60. The molecule has 0 aliphatic rings. The number of ether oxygens (including phenoxy) is 1. The zero-order valence-electron chi connectivity index (χ0n) is 10.3. The molecule has 0 fully saturated rings. The maximum Gasteiger partial charge on any atom is 0.339 e. The summed E-state index contributed by atoms with van der Waals surface area (Å²) in [5.74, 6) is -0.842. The van der Waals surface area contributed by atoms with Gasteiger partial charge in [0.2, 0.25) is 5.78 Å². The molecule has 0 radical (unpaired) electrons. The lowest BCUT2D eigenvalue weighted by Crippen LogP contribution is -2.15. The molecule has 2 aromatic rings. The average Bonchev–Trinajstić information content (AvgIpc) is 2.45. The van der Waals surface area contributed by atoms with Crippen molar-refractivity contribution in [3.05, 3.63) is 68.3 Å². The predicted molar refractivity (Wildman–Crippen MR) is 85.2 cm³/mol. The first-order valence-corrected chi connectivity index (χ1v) is 7.24. The molecular weight excluding hydrogens is 391 g/mol. The molecule has 0 aromatic heterocycles. The maximum absolute atomic E-state index is 11.9. The molecule has 20 heavy (non-hydrogen) atoms. The number of hydrogen-bond donors (Lipinski definition) is 0. The van der Waals surface area contributed by atoms with Crippen LogP contribution in [-0.2, 0) is 4.74 Å². The van der Waals surface area contributed by atoms with Crippen molar-refractivity contribution >= 4 is 45.9 Å². The number of carbonyl (C=O) groups excluding carboxylic acids is 2. The molecule has 0 saturated heterocycles. The van der Waals surface area contributed by atoms with Gasteiger partial charge in [-0.15, -0.1) is 0 Å². The molecule has 2 rings (SSSR count). The lowest BCUT2D eigenvalue weighted by molar-refractivity contribution is 0.0473. The molecule has 102 valence electrons. The number of ketones is 1. The van der Waals surface area contributed by atoms with Gasteiger partial charge in [-0.3, -0.25) is 4.79 Å². The van der Waals surface area contributed by atoms with Crippen molar-refractivity contribution in [3.63, 3.8) is 0 Å². The van der Waals surface area contributed by atoms with E-state index in [9.17, 15) is 9.59 Å². The summed E-state index contributed by atoms with van der Waals surface area (Å²) in [4.78, 5) is 23.8. The van der Waals surface area contributed by atoms with Gasteiger partial charge in [0, 0.05) is 9.13 Å². The van der Waals surface area contributed by atoms with E-state index in [4.69, 9.17) is 16.3 Å². The van der Waals surface area contributed by atoms with Crippen molar-refractivity contribution in [2.75, 3.05) is 6.61 Å². The topological polar surface area (TPSA) is 43.4 Å². The quantitative estimate of drug-likeness (QED) is 0.443. The molecule has 0 amide bonds. The van der Waals surface area contributed by atoms with E-state index >= 15 is 0 Å². The highest BCUT2D eigenvalue weighted by Gasteiger charge is 2.15. The van der Waals surface area contributed by atoms with E-state index in [0.717, 1.165) is 3.57 Å². The average molecular weight is 401 g/mol. The van der Waals surface area contributed by atoms with Crippen LogP contribution in [0.1, 0.15) is 20.7 Å². The molecule has 0 aliphatic heterocycles. The molecule has 0 unspecified atom stereocenters. The smallest absolute Gasteiger partial charge is 0.339 e. The Kier molecular flexibility index (Phi) is 5.14. The van der Waals surface area contributed by atoms with Gasteiger partial charge in [-0.25, -0.2) is 4.79 Å². The lowest BCUT2D eigenvalue weighted by atomic mass is 10.1. The van der Waals surface area contributed by atoms with Gasteiger partial charge in [-0.2, -0.15) is 0 Å². The first kappa shape index (κ1) is 15.0. The molecule has 5 heteroatoms. The first-order chi connectivity index (χ1) is 9.59. The molecule has 0 heterocycles. The normalized spacial score (nSPS) is 10.1. The van der Waals surface area contributed by atoms with Gasteiger partial charge >= 0.3 is 5.97 Å². The summed E-state index contributed by atoms with van der Waals surface area (Å²) in [6.45, 7) is -0.326. The van der Waals surface area contributed by atoms with E-state index in [1.165, 1.54) is 0 Å². The molecule has 0 saturated carbocycles. The second kappa shape index (κ2) is 6.85. The summed E-state index contributed by atoms with van der Waals surface area (Å²) in [7, 11) is 0. The van der Waals surface area contributed by atoms with Crippen molar-refractivity contribution in [3.8, 4) is 0 Å². The van der Waals surface area contributed by atoms with Gasteiger partial charge in [0.1, 0.15) is 0 Å². The molecule has 0 spiro atoms. The highest BCUT2D eigenvalue weighted by molar-refractivity contribution is 14.1. The van der Waals surface area contributed by atoms with E-state index in [1.54, 1.807) is 42.5 Å². The van der Waals surface area contributed by atoms with Gasteiger partial charge in [0.25, 0.3) is 0 Å². The van der Waals surface area contributed by atoms with Crippen molar-refractivity contribution in [2.24, 2.45) is 0 Å². The van der Waals surface area contributed by atoms with Crippen LogP contribution in [0.3, 0.4) is 0 Å². The Morgan fingerprint density at radius 3 is 2.25 bits per heavy atom. The zero-order chi connectivity index (χ0) is 14.5. The van der Waals surface area contributed by atoms with Crippen LogP contribution in [0.15, 0.2) is 48.5 Å². The minimum Gasteiger partial charge on any atom is -0.454 e. The van der Waals surface area contributed by atoms with Gasteiger partial charge < -0.3 is 4.74 Å². The maximum atomic E-state index is 11.9. The van der Waals surface area contributed by atoms with Crippen LogP contribution in [0, 0.1) is 3.57 Å². The monoisotopic (exact) mass is 400 g/mol. The minimum absolute atomic E-state index is 0.324. The van der Waals surface area contributed by atoms with E-state index in [2.05, 4.69) is 0 Å². The van der Waals surface area contributed by atoms with E-state index in [1.807, 2.05) is 28.7 Å². The van der Waals surface area contributed by atoms with E-state index < -0.39 is 5.97 Å². The molecule has 0 aliphatic carbocycles. The number of rotatable bonds is 4. The SMILES string of the molecule is O=C(COC(=O)c1ccccc1I)c1ccccc1Cl. The summed E-state index contributed by atoms with van der Waals surface area (Å²) in [6.07, 6.45) is 0. The highest BCUT2D eigenvalue weighted by atomic mass is 127. The summed E-state index contributed by atoms with van der Waals surface area (Å²) < 4.78 is 5.81. The fraction of sp³-hybridized carbons (Fsp3) is 0.0667. The van der Waals surface area contributed by atoms with E-state index in [-0.39, 0.29) is 12.4 Å². The Bertz CT molecular complexity index is 598. The third-order valence-corrected chi connectivity index (χ3v) is 3.87. The molecular formula is C15H10ClIO3. The Hall–Kier alpha value is -1.40. The third kappa shape index (κ3) is 3.58. The van der Waals surface area contributed by atoms with Crippen LogP contribution in [-0.4, -0.2) is 18.4 Å². The van der Waals surface area contributed by atoms with Gasteiger partial charge in [0.15, 0.2) is 6.61 Å². The van der Waals surface area contributed by atoms with Gasteiger partial charge in [0.05, 0.1) is 10.6 Å². The number of carbonyl (C=O) groups is 2. The molecule has 3 nitrogen and oxygen atoms in total. The lowest BCUT2D eigenvalue weighted by Gasteiger charge is -2.06. The number of hydrogen-bond acceptors (Lipinski definition) is 3. The number of benzene rings is 2. The summed E-state index contributed by atoms with van der Waals surface area (Å²) in [5, 5.41) is 0.350. The molecule has 0 bridgehead atoms. The molecule has 0 N–H and O–H groups in total. The summed E-state index contributed by atoms with van der Waals surface area (Å²) in [6, 6.07) is 13.7. The van der Waals surface area contributed by atoms with Crippen LogP contribution in [0.5, 0.6) is 0 Å². The Labute approximate surface area is 135 Å². The van der Waals surface area contributed by atoms with Gasteiger partial charge in [-0.05, 0) is 46.9 Å². The number of Topliss-reactive ketones (excluding diaryl/α,β-unsaturated/α-hetero) is 1. The Balaban J connectivity index is 2.03. The van der Waals surface area contributed by atoms with Crippen LogP contribution in [0.2, 0.25) is 5.02 Å². The largest absolute Gasteiger partial charge is 0.454 e. The van der Waals surface area contributed by atoms with Crippen LogP contribution in [0.4, 0.5) is 0 Å². The van der Waals surface area contributed by atoms with Crippen LogP contribution in [0.25, 0.3) is 0 Å². The second-order valence-corrected chi connectivity index (χ2v) is 5.53. The van der Waals surface area contributed by atoms with Crippen molar-refractivity contribution in [1.29, 1.82) is 0 Å². The molecule has 2 aromatic carbocycles. The van der Waals surface area contributed by atoms with Gasteiger partial charge in [-0.1, -0.05) is 35.9 Å². The number of esters is 1. The number of halogens is 2. The summed E-state index contributed by atoms with van der Waals surface area (Å²) in [5.41, 5.74) is 0.796. The second-order valence-electron chi connectivity index (χ2n) is 3.96. The van der Waals surface area contributed by atoms with Crippen LogP contribution < -0.4 is 0 Å². The van der Waals surface area contributed by atoms with E-state index in [0.29, 0.717) is 16.1 Å². The summed E-state index contributed by atoms with van der Waals surface area (Å²) >= 11 is 7.96. The van der Waals surface area contributed by atoms with Crippen molar-refractivity contribution in [2.45, 2.75) is 0 Å². The standard InChI is InChI=1S/C15H10ClIO3/c16-12-7-3-1-5-10(12)14(18)9-20-15(19)11-6-2-4-8-13(11)17/h1-8H,9H2. The van der Waals surface area contributed by atoms with Crippen LogP contribution >= 0.6 is 34.2 Å². The predicted octanol–water partition coefficient (Wildman–Crippen LogP) is 3.98. The fourth-order valence-corrected chi connectivity index (χ4v) is 2.45. The molecule has 0 atom stereocenters. The Morgan fingerprint density at radius 1 is 1.00 bits per heavy atom. The zero-order valence-corrected chi connectivity index (χ0v) is 13.2. The van der Waals surface area contributed by atoms with Crippen molar-refractivity contribution < 1.29 is 14.3 Å². The minimum atomic E-state index is -0.518.